The van der Waals surface area contributed by atoms with Gasteiger partial charge in [-0.05, 0) is 25.1 Å². The summed E-state index contributed by atoms with van der Waals surface area (Å²) in [4.78, 5) is 0.824. The van der Waals surface area contributed by atoms with E-state index in [9.17, 15) is 0 Å². The highest BCUT2D eigenvalue weighted by Crippen LogP contribution is 2.24. The van der Waals surface area contributed by atoms with E-state index in [1.807, 2.05) is 31.2 Å². The highest BCUT2D eigenvalue weighted by Gasteiger charge is 2.18. The Labute approximate surface area is 93.2 Å². The van der Waals surface area contributed by atoms with E-state index in [1.54, 1.807) is 5.01 Å². The zero-order valence-electron chi connectivity index (χ0n) is 7.70. The lowest BCUT2D eigenvalue weighted by molar-refractivity contribution is 1.17. The first kappa shape index (κ1) is 9.62. The number of anilines is 1. The van der Waals surface area contributed by atoms with Crippen molar-refractivity contribution in [1.29, 1.82) is 0 Å². The summed E-state index contributed by atoms with van der Waals surface area (Å²) in [6.45, 7) is 1.97. The van der Waals surface area contributed by atoms with Crippen LogP contribution in [0.5, 0.6) is 0 Å². The third-order valence-electron chi connectivity index (χ3n) is 1.97. The average molecular weight is 225 g/mol. The van der Waals surface area contributed by atoms with Gasteiger partial charge in [-0.15, -0.1) is 0 Å². The van der Waals surface area contributed by atoms with Crippen molar-refractivity contribution in [2.75, 3.05) is 5.01 Å². The third-order valence-corrected chi connectivity index (χ3v) is 2.52. The normalized spacial score (nSPS) is 16.0. The van der Waals surface area contributed by atoms with E-state index in [0.717, 1.165) is 22.8 Å². The maximum atomic E-state index is 5.89. The maximum Gasteiger partial charge on any atom is 0.111 e. The van der Waals surface area contributed by atoms with E-state index in [1.165, 1.54) is 0 Å². The third kappa shape index (κ3) is 1.79. The van der Waals surface area contributed by atoms with Gasteiger partial charge in [0.2, 0.25) is 0 Å². The SMILES string of the molecule is CC1=NN(c2cccc(Cl)c2)C(=S)C1. The summed E-state index contributed by atoms with van der Waals surface area (Å²) in [6, 6.07) is 7.53. The van der Waals surface area contributed by atoms with Gasteiger partial charge in [-0.2, -0.15) is 5.10 Å². The molecule has 0 radical (unpaired) electrons. The summed E-state index contributed by atoms with van der Waals surface area (Å²) in [5.74, 6) is 0. The Hall–Kier alpha value is -0.930. The molecule has 0 spiro atoms. The monoisotopic (exact) mass is 224 g/mol. The number of rotatable bonds is 1. The van der Waals surface area contributed by atoms with Crippen LogP contribution in [-0.2, 0) is 0 Å². The zero-order chi connectivity index (χ0) is 10.1. The van der Waals surface area contributed by atoms with Crippen LogP contribution in [0.15, 0.2) is 29.4 Å². The lowest BCUT2D eigenvalue weighted by Gasteiger charge is -2.13. The summed E-state index contributed by atoms with van der Waals surface area (Å²) in [7, 11) is 0. The minimum absolute atomic E-state index is 0.699. The molecule has 4 heteroatoms. The molecule has 1 aliphatic heterocycles. The molecule has 0 aromatic heterocycles. The Morgan fingerprint density at radius 2 is 2.29 bits per heavy atom. The van der Waals surface area contributed by atoms with Crippen molar-refractivity contribution in [2.45, 2.75) is 13.3 Å². The van der Waals surface area contributed by atoms with Gasteiger partial charge < -0.3 is 0 Å². The van der Waals surface area contributed by atoms with Gasteiger partial charge in [-0.1, -0.05) is 29.9 Å². The summed E-state index contributed by atoms with van der Waals surface area (Å²) >= 11 is 11.1. The number of halogens is 1. The molecular weight excluding hydrogens is 216 g/mol. The summed E-state index contributed by atoms with van der Waals surface area (Å²) in [5, 5.41) is 6.79. The van der Waals surface area contributed by atoms with Gasteiger partial charge in [0.15, 0.2) is 0 Å². The van der Waals surface area contributed by atoms with Crippen molar-refractivity contribution in [3.05, 3.63) is 29.3 Å². The summed E-state index contributed by atoms with van der Waals surface area (Å²) < 4.78 is 0. The Bertz CT molecular complexity index is 414. The summed E-state index contributed by atoms with van der Waals surface area (Å²) in [6.07, 6.45) is 0.766. The van der Waals surface area contributed by atoms with E-state index in [2.05, 4.69) is 5.10 Å². The molecule has 0 unspecified atom stereocenters. The van der Waals surface area contributed by atoms with Crippen LogP contribution in [0.1, 0.15) is 13.3 Å². The Balaban J connectivity index is 2.36. The molecular formula is C10H9ClN2S. The van der Waals surface area contributed by atoms with Crippen molar-refractivity contribution in [3.63, 3.8) is 0 Å². The topological polar surface area (TPSA) is 15.6 Å². The fraction of sp³-hybridized carbons (Fsp3) is 0.200. The van der Waals surface area contributed by atoms with Crippen LogP contribution >= 0.6 is 23.8 Å². The summed E-state index contributed by atoms with van der Waals surface area (Å²) in [5.41, 5.74) is 1.97. The van der Waals surface area contributed by atoms with Crippen LogP contribution in [0.4, 0.5) is 5.69 Å². The fourth-order valence-electron chi connectivity index (χ4n) is 1.37. The Kier molecular flexibility index (Phi) is 2.52. The van der Waals surface area contributed by atoms with E-state index in [4.69, 9.17) is 23.8 Å². The second kappa shape index (κ2) is 3.67. The molecule has 1 heterocycles. The van der Waals surface area contributed by atoms with E-state index in [-0.39, 0.29) is 0 Å². The molecule has 1 aromatic rings. The van der Waals surface area contributed by atoms with Gasteiger partial charge in [0.05, 0.1) is 5.69 Å². The lowest BCUT2D eigenvalue weighted by Crippen LogP contribution is -2.17. The molecule has 14 heavy (non-hydrogen) atoms. The maximum absolute atomic E-state index is 5.89. The molecule has 0 amide bonds. The number of thiocarbonyl (C=S) groups is 1. The molecule has 0 saturated carbocycles. The largest absolute Gasteiger partial charge is 0.227 e. The molecule has 1 aromatic carbocycles. The van der Waals surface area contributed by atoms with Gasteiger partial charge in [-0.25, -0.2) is 5.01 Å². The lowest BCUT2D eigenvalue weighted by atomic mass is 10.3. The molecule has 0 N–H and O–H groups in total. The Morgan fingerprint density at radius 1 is 1.50 bits per heavy atom. The predicted octanol–water partition coefficient (Wildman–Crippen LogP) is 3.25. The van der Waals surface area contributed by atoms with Crippen molar-refractivity contribution in [2.24, 2.45) is 5.10 Å². The average Bonchev–Trinajstić information content (AvgIpc) is 2.45. The van der Waals surface area contributed by atoms with Crippen LogP contribution in [-0.4, -0.2) is 10.7 Å². The first-order valence-electron chi connectivity index (χ1n) is 4.29. The molecule has 0 atom stereocenters. The molecule has 2 rings (SSSR count). The van der Waals surface area contributed by atoms with Crippen molar-refractivity contribution >= 4 is 40.2 Å². The fourth-order valence-corrected chi connectivity index (χ4v) is 1.90. The first-order chi connectivity index (χ1) is 6.66. The number of hydrazone groups is 1. The highest BCUT2D eigenvalue weighted by molar-refractivity contribution is 7.80. The van der Waals surface area contributed by atoms with Crippen LogP contribution in [0.25, 0.3) is 0 Å². The zero-order valence-corrected chi connectivity index (χ0v) is 9.27. The second-order valence-electron chi connectivity index (χ2n) is 3.20. The molecule has 2 nitrogen and oxygen atoms in total. The predicted molar refractivity (Wildman–Crippen MR) is 64.3 cm³/mol. The van der Waals surface area contributed by atoms with E-state index < -0.39 is 0 Å². The first-order valence-corrected chi connectivity index (χ1v) is 5.08. The van der Waals surface area contributed by atoms with Crippen molar-refractivity contribution < 1.29 is 0 Å². The van der Waals surface area contributed by atoms with Crippen LogP contribution < -0.4 is 5.01 Å². The number of hydrogen-bond donors (Lipinski definition) is 0. The molecule has 0 fully saturated rings. The highest BCUT2D eigenvalue weighted by atomic mass is 35.5. The molecule has 0 saturated heterocycles. The standard InChI is InChI=1S/C10H9ClN2S/c1-7-5-10(14)13(12-7)9-4-2-3-8(11)6-9/h2-4,6H,5H2,1H3. The molecule has 0 bridgehead atoms. The Morgan fingerprint density at radius 3 is 2.86 bits per heavy atom. The van der Waals surface area contributed by atoms with Gasteiger partial charge in [0.1, 0.15) is 4.99 Å². The van der Waals surface area contributed by atoms with E-state index in [0.29, 0.717) is 5.02 Å². The van der Waals surface area contributed by atoms with E-state index >= 15 is 0 Å². The van der Waals surface area contributed by atoms with Crippen LogP contribution in [0, 0.1) is 0 Å². The van der Waals surface area contributed by atoms with Crippen molar-refractivity contribution in [3.8, 4) is 0 Å². The van der Waals surface area contributed by atoms with Gasteiger partial charge in [-0.3, -0.25) is 0 Å². The van der Waals surface area contributed by atoms with Crippen LogP contribution in [0.3, 0.4) is 0 Å². The smallest absolute Gasteiger partial charge is 0.111 e. The van der Waals surface area contributed by atoms with Crippen LogP contribution in [0.2, 0.25) is 5.02 Å². The second-order valence-corrected chi connectivity index (χ2v) is 4.11. The minimum atomic E-state index is 0.699. The van der Waals surface area contributed by atoms with Crippen molar-refractivity contribution in [1.82, 2.24) is 0 Å². The number of benzene rings is 1. The minimum Gasteiger partial charge on any atom is -0.227 e. The van der Waals surface area contributed by atoms with Gasteiger partial charge in [0, 0.05) is 17.2 Å². The molecule has 72 valence electrons. The quantitative estimate of drug-likeness (QED) is 0.681. The van der Waals surface area contributed by atoms with Gasteiger partial charge >= 0.3 is 0 Å². The number of hydrogen-bond acceptors (Lipinski definition) is 2. The molecule has 0 aliphatic carbocycles. The van der Waals surface area contributed by atoms with Gasteiger partial charge in [0.25, 0.3) is 0 Å². The number of nitrogens with zero attached hydrogens (tertiary/aromatic N) is 2. The molecule has 1 aliphatic rings.